The Bertz CT molecular complexity index is 1140. The van der Waals surface area contributed by atoms with E-state index in [-0.39, 0.29) is 18.3 Å². The number of rotatable bonds is 5. The Morgan fingerprint density at radius 3 is 2.56 bits per heavy atom. The number of benzene rings is 1. The van der Waals surface area contributed by atoms with E-state index in [1.54, 1.807) is 6.07 Å². The molecule has 2 aliphatic rings. The third-order valence-corrected chi connectivity index (χ3v) is 8.23. The molecule has 1 saturated heterocycles. The third-order valence-electron chi connectivity index (χ3n) is 6.31. The molecule has 6 nitrogen and oxygen atoms in total. The van der Waals surface area contributed by atoms with Crippen LogP contribution in [0.4, 0.5) is 0 Å². The molecule has 1 amide bonds. The van der Waals surface area contributed by atoms with E-state index < -0.39 is 9.84 Å². The summed E-state index contributed by atoms with van der Waals surface area (Å²) in [7, 11) is -1.74. The van der Waals surface area contributed by atoms with Crippen molar-refractivity contribution in [3.63, 3.8) is 0 Å². The summed E-state index contributed by atoms with van der Waals surface area (Å²) in [5.74, 6) is 0.175. The van der Waals surface area contributed by atoms with Crippen molar-refractivity contribution in [2.75, 3.05) is 32.6 Å². The molecule has 1 aromatic carbocycles. The van der Waals surface area contributed by atoms with E-state index in [4.69, 9.17) is 9.72 Å². The van der Waals surface area contributed by atoms with Crippen LogP contribution in [0.5, 0.6) is 0 Å². The van der Waals surface area contributed by atoms with E-state index in [2.05, 4.69) is 6.07 Å². The molecule has 1 aromatic heterocycles. The number of sulfone groups is 1. The zero-order valence-electron chi connectivity index (χ0n) is 18.8. The lowest BCUT2D eigenvalue weighted by Gasteiger charge is -2.30. The number of hydrogen-bond donors (Lipinski definition) is 0. The molecule has 4 rings (SSSR count). The van der Waals surface area contributed by atoms with Gasteiger partial charge in [-0.05, 0) is 67.0 Å². The molecule has 7 heteroatoms. The van der Waals surface area contributed by atoms with Crippen molar-refractivity contribution in [1.29, 1.82) is 0 Å². The van der Waals surface area contributed by atoms with Gasteiger partial charge < -0.3 is 9.64 Å². The standard InChI is InChI=1S/C25H30N2O4S/c1-3-15-32(29,30)21-8-9-22-20(16-21)7-6-19-5-4-12-26-25(19)24(22)18-10-13-27(14-11-18)23(28)17-31-2/h4-5,8-9,12,16H,3,6-7,10-11,13-15,17H2,1-2H3. The summed E-state index contributed by atoms with van der Waals surface area (Å²) >= 11 is 0. The first-order valence-corrected chi connectivity index (χ1v) is 12.9. The zero-order chi connectivity index (χ0) is 22.7. The molecule has 1 aliphatic heterocycles. The quantitative estimate of drug-likeness (QED) is 0.692. The molecule has 2 aromatic rings. The number of ether oxygens (including phenoxy) is 1. The van der Waals surface area contributed by atoms with E-state index in [0.717, 1.165) is 48.1 Å². The van der Waals surface area contributed by atoms with Gasteiger partial charge in [0.2, 0.25) is 5.91 Å². The van der Waals surface area contributed by atoms with Gasteiger partial charge in [0.15, 0.2) is 9.84 Å². The van der Waals surface area contributed by atoms with Crippen LogP contribution in [0, 0.1) is 0 Å². The van der Waals surface area contributed by atoms with Gasteiger partial charge in [0.1, 0.15) is 6.61 Å². The lowest BCUT2D eigenvalue weighted by atomic mass is 9.88. The Hall–Kier alpha value is -2.51. The Balaban J connectivity index is 1.77. The first kappa shape index (κ1) is 22.7. The second-order valence-corrected chi connectivity index (χ2v) is 10.6. The number of carbonyl (C=O) groups is 1. The van der Waals surface area contributed by atoms with Gasteiger partial charge in [-0.3, -0.25) is 9.78 Å². The number of hydrogen-bond acceptors (Lipinski definition) is 5. The maximum Gasteiger partial charge on any atom is 0.248 e. The van der Waals surface area contributed by atoms with Gasteiger partial charge in [0, 0.05) is 32.0 Å². The number of likely N-dealkylation sites (tertiary alicyclic amines) is 1. The third kappa shape index (κ3) is 4.50. The topological polar surface area (TPSA) is 76.6 Å². The molecule has 1 fully saturated rings. The maximum absolute atomic E-state index is 12.7. The molecule has 0 spiro atoms. The van der Waals surface area contributed by atoms with Gasteiger partial charge in [-0.25, -0.2) is 8.42 Å². The summed E-state index contributed by atoms with van der Waals surface area (Å²) in [6.45, 7) is 3.30. The molecule has 0 N–H and O–H groups in total. The predicted molar refractivity (Wildman–Crippen MR) is 124 cm³/mol. The minimum Gasteiger partial charge on any atom is -0.375 e. The number of fused-ring (bicyclic) bond motifs is 2. The Labute approximate surface area is 190 Å². The molecular formula is C25H30N2O4S. The first-order chi connectivity index (χ1) is 15.4. The van der Waals surface area contributed by atoms with Crippen molar-refractivity contribution in [2.24, 2.45) is 0 Å². The Morgan fingerprint density at radius 2 is 1.84 bits per heavy atom. The Kier molecular flexibility index (Phi) is 6.76. The van der Waals surface area contributed by atoms with Gasteiger partial charge in [0.05, 0.1) is 16.3 Å². The highest BCUT2D eigenvalue weighted by molar-refractivity contribution is 7.91. The lowest BCUT2D eigenvalue weighted by molar-refractivity contribution is -0.135. The van der Waals surface area contributed by atoms with Crippen LogP contribution >= 0.6 is 0 Å². The fourth-order valence-corrected chi connectivity index (χ4v) is 6.08. The van der Waals surface area contributed by atoms with Crippen LogP contribution < -0.4 is 0 Å². The number of pyridine rings is 1. The minimum absolute atomic E-state index is 0.0158. The van der Waals surface area contributed by atoms with Crippen LogP contribution in [0.3, 0.4) is 0 Å². The number of aryl methyl sites for hydroxylation is 2. The molecule has 0 unspecified atom stereocenters. The van der Waals surface area contributed by atoms with Gasteiger partial charge in [-0.2, -0.15) is 0 Å². The van der Waals surface area contributed by atoms with Gasteiger partial charge >= 0.3 is 0 Å². The van der Waals surface area contributed by atoms with Crippen LogP contribution in [0.1, 0.15) is 48.6 Å². The Morgan fingerprint density at radius 1 is 1.09 bits per heavy atom. The summed E-state index contributed by atoms with van der Waals surface area (Å²) in [5, 5.41) is 0. The van der Waals surface area contributed by atoms with Crippen molar-refractivity contribution in [3.8, 4) is 0 Å². The number of methoxy groups -OCH3 is 1. The smallest absolute Gasteiger partial charge is 0.248 e. The average molecular weight is 455 g/mol. The highest BCUT2D eigenvalue weighted by Gasteiger charge is 2.27. The first-order valence-electron chi connectivity index (χ1n) is 11.2. The van der Waals surface area contributed by atoms with Crippen molar-refractivity contribution in [2.45, 2.75) is 43.9 Å². The van der Waals surface area contributed by atoms with Crippen molar-refractivity contribution < 1.29 is 17.9 Å². The van der Waals surface area contributed by atoms with Crippen LogP contribution in [-0.4, -0.2) is 56.8 Å². The van der Waals surface area contributed by atoms with Crippen molar-refractivity contribution in [3.05, 3.63) is 64.5 Å². The van der Waals surface area contributed by atoms with E-state index in [0.29, 0.717) is 24.4 Å². The summed E-state index contributed by atoms with van der Waals surface area (Å²) in [6, 6.07) is 9.65. The van der Waals surface area contributed by atoms with Crippen LogP contribution in [0.2, 0.25) is 0 Å². The van der Waals surface area contributed by atoms with Gasteiger partial charge in [-0.1, -0.05) is 24.6 Å². The number of aromatic nitrogens is 1. The molecule has 1 aliphatic carbocycles. The summed E-state index contributed by atoms with van der Waals surface area (Å²) in [4.78, 5) is 19.2. The van der Waals surface area contributed by atoms with Gasteiger partial charge in [-0.15, -0.1) is 0 Å². The van der Waals surface area contributed by atoms with Crippen LogP contribution in [-0.2, 0) is 32.2 Å². The predicted octanol–water partition coefficient (Wildman–Crippen LogP) is 3.43. The van der Waals surface area contributed by atoms with E-state index >= 15 is 0 Å². The summed E-state index contributed by atoms with van der Waals surface area (Å²) in [6.07, 6.45) is 5.57. The molecule has 32 heavy (non-hydrogen) atoms. The van der Waals surface area contributed by atoms with Crippen LogP contribution in [0.25, 0.3) is 5.57 Å². The molecule has 0 radical (unpaired) electrons. The monoisotopic (exact) mass is 454 g/mol. The lowest BCUT2D eigenvalue weighted by Crippen LogP contribution is -2.38. The molecular weight excluding hydrogens is 424 g/mol. The molecule has 0 saturated carbocycles. The highest BCUT2D eigenvalue weighted by Crippen LogP contribution is 2.38. The number of piperidine rings is 1. The SMILES string of the molecule is CCCS(=O)(=O)c1ccc2c(c1)CCc1cccnc1C2=C1CCN(C(=O)COC)CC1. The number of nitrogens with zero attached hydrogens (tertiary/aromatic N) is 2. The summed E-state index contributed by atoms with van der Waals surface area (Å²) in [5.41, 5.74) is 6.69. The maximum atomic E-state index is 12.7. The minimum atomic E-state index is -3.28. The van der Waals surface area contributed by atoms with E-state index in [9.17, 15) is 13.2 Å². The molecule has 0 atom stereocenters. The molecule has 2 heterocycles. The van der Waals surface area contributed by atoms with Crippen molar-refractivity contribution in [1.82, 2.24) is 9.88 Å². The second kappa shape index (κ2) is 9.55. The number of carbonyl (C=O) groups excluding carboxylic acids is 1. The average Bonchev–Trinajstić information content (AvgIpc) is 2.96. The van der Waals surface area contributed by atoms with Crippen molar-refractivity contribution >= 4 is 21.3 Å². The fraction of sp³-hybridized carbons (Fsp3) is 0.440. The molecule has 170 valence electrons. The summed E-state index contributed by atoms with van der Waals surface area (Å²) < 4.78 is 30.4. The number of amides is 1. The molecule has 0 bridgehead atoms. The van der Waals surface area contributed by atoms with E-state index in [1.807, 2.05) is 36.2 Å². The van der Waals surface area contributed by atoms with E-state index in [1.165, 1.54) is 18.2 Å². The zero-order valence-corrected chi connectivity index (χ0v) is 19.6. The highest BCUT2D eigenvalue weighted by atomic mass is 32.2. The second-order valence-electron chi connectivity index (χ2n) is 8.44. The normalized spacial score (nSPS) is 16.4. The van der Waals surface area contributed by atoms with Crippen LogP contribution in [0.15, 0.2) is 47.0 Å². The fourth-order valence-electron chi connectivity index (χ4n) is 4.71. The van der Waals surface area contributed by atoms with Gasteiger partial charge in [0.25, 0.3) is 0 Å². The largest absolute Gasteiger partial charge is 0.375 e.